The van der Waals surface area contributed by atoms with Gasteiger partial charge >= 0.3 is 0 Å². The van der Waals surface area contributed by atoms with E-state index >= 15 is 0 Å². The van der Waals surface area contributed by atoms with Crippen molar-refractivity contribution in [3.63, 3.8) is 0 Å². The average molecular weight is 382 g/mol. The number of hydrogen-bond donors (Lipinski definition) is 1. The molecule has 3 aromatic rings. The lowest BCUT2D eigenvalue weighted by Gasteiger charge is -2.30. The molecule has 1 aliphatic heterocycles. The van der Waals surface area contributed by atoms with Crippen LogP contribution in [0.1, 0.15) is 31.7 Å². The predicted molar refractivity (Wildman–Crippen MR) is 107 cm³/mol. The highest BCUT2D eigenvalue weighted by Crippen LogP contribution is 2.22. The second-order valence-corrected chi connectivity index (χ2v) is 7.79. The SMILES string of the molecule is CC1CCCN(CCCNCc2cc(-c3ccc(F)cc3)cn3nnnc23)C1. The first kappa shape index (κ1) is 19.0. The Labute approximate surface area is 164 Å². The first-order chi connectivity index (χ1) is 13.7. The van der Waals surface area contributed by atoms with Crippen molar-refractivity contribution in [3.05, 3.63) is 47.9 Å². The second kappa shape index (κ2) is 8.75. The summed E-state index contributed by atoms with van der Waals surface area (Å²) in [7, 11) is 0. The number of nitrogens with one attached hydrogen (secondary N) is 1. The fourth-order valence-corrected chi connectivity index (χ4v) is 3.98. The van der Waals surface area contributed by atoms with Crippen molar-refractivity contribution in [2.45, 2.75) is 32.7 Å². The molecule has 7 heteroatoms. The number of hydrogen-bond acceptors (Lipinski definition) is 5. The third-order valence-corrected chi connectivity index (χ3v) is 5.43. The van der Waals surface area contributed by atoms with Gasteiger partial charge in [0.1, 0.15) is 5.82 Å². The van der Waals surface area contributed by atoms with Crippen LogP contribution in [0.3, 0.4) is 0 Å². The Morgan fingerprint density at radius 3 is 2.89 bits per heavy atom. The Hall–Kier alpha value is -2.38. The van der Waals surface area contributed by atoms with Gasteiger partial charge in [0.2, 0.25) is 0 Å². The summed E-state index contributed by atoms with van der Waals surface area (Å²) in [6, 6.07) is 8.57. The number of fused-ring (bicyclic) bond motifs is 1. The minimum absolute atomic E-state index is 0.239. The maximum Gasteiger partial charge on any atom is 0.183 e. The fraction of sp³-hybridized carbons (Fsp3) is 0.476. The van der Waals surface area contributed by atoms with Crippen LogP contribution in [-0.2, 0) is 6.54 Å². The normalized spacial score (nSPS) is 18.0. The topological polar surface area (TPSA) is 58.4 Å². The summed E-state index contributed by atoms with van der Waals surface area (Å²) >= 11 is 0. The van der Waals surface area contributed by atoms with Crippen LogP contribution >= 0.6 is 0 Å². The number of halogens is 1. The van der Waals surface area contributed by atoms with E-state index in [0.29, 0.717) is 6.54 Å². The highest BCUT2D eigenvalue weighted by atomic mass is 19.1. The van der Waals surface area contributed by atoms with E-state index in [0.717, 1.165) is 47.8 Å². The van der Waals surface area contributed by atoms with Gasteiger partial charge in [-0.3, -0.25) is 0 Å². The molecule has 1 aliphatic rings. The minimum Gasteiger partial charge on any atom is -0.312 e. The molecule has 1 saturated heterocycles. The van der Waals surface area contributed by atoms with Crippen molar-refractivity contribution >= 4 is 5.65 Å². The van der Waals surface area contributed by atoms with Crippen LogP contribution in [0.25, 0.3) is 16.8 Å². The van der Waals surface area contributed by atoms with E-state index < -0.39 is 0 Å². The molecule has 0 aliphatic carbocycles. The molecule has 4 rings (SSSR count). The summed E-state index contributed by atoms with van der Waals surface area (Å²) in [5.74, 6) is 0.585. The molecule has 0 amide bonds. The maximum absolute atomic E-state index is 13.2. The molecule has 2 aromatic heterocycles. The summed E-state index contributed by atoms with van der Waals surface area (Å²) < 4.78 is 14.9. The molecule has 1 unspecified atom stereocenters. The molecule has 148 valence electrons. The van der Waals surface area contributed by atoms with Gasteiger partial charge in [-0.05, 0) is 79.0 Å². The summed E-state index contributed by atoms with van der Waals surface area (Å²) in [6.07, 6.45) is 5.69. The number of pyridine rings is 1. The molecule has 0 bridgehead atoms. The summed E-state index contributed by atoms with van der Waals surface area (Å²) in [5.41, 5.74) is 3.71. The van der Waals surface area contributed by atoms with E-state index in [9.17, 15) is 4.39 Å². The fourth-order valence-electron chi connectivity index (χ4n) is 3.98. The van der Waals surface area contributed by atoms with E-state index in [4.69, 9.17) is 0 Å². The highest BCUT2D eigenvalue weighted by molar-refractivity contribution is 5.66. The van der Waals surface area contributed by atoms with Gasteiger partial charge in [-0.15, -0.1) is 5.10 Å². The van der Waals surface area contributed by atoms with E-state index in [-0.39, 0.29) is 5.82 Å². The van der Waals surface area contributed by atoms with Gasteiger partial charge in [-0.1, -0.05) is 19.1 Å². The van der Waals surface area contributed by atoms with Gasteiger partial charge in [0, 0.05) is 30.4 Å². The largest absolute Gasteiger partial charge is 0.312 e. The molecule has 1 atom stereocenters. The molecule has 1 aromatic carbocycles. The molecule has 1 N–H and O–H groups in total. The molecule has 3 heterocycles. The quantitative estimate of drug-likeness (QED) is 0.636. The molecule has 6 nitrogen and oxygen atoms in total. The van der Waals surface area contributed by atoms with Crippen LogP contribution in [0.4, 0.5) is 4.39 Å². The number of nitrogens with zero attached hydrogens (tertiary/aromatic N) is 5. The van der Waals surface area contributed by atoms with Crippen LogP contribution < -0.4 is 5.32 Å². The van der Waals surface area contributed by atoms with E-state index in [2.05, 4.69) is 38.7 Å². The van der Waals surface area contributed by atoms with E-state index in [1.54, 1.807) is 16.6 Å². The van der Waals surface area contributed by atoms with E-state index in [1.165, 1.54) is 38.1 Å². The van der Waals surface area contributed by atoms with Crippen molar-refractivity contribution in [1.29, 1.82) is 0 Å². The number of piperidine rings is 1. The lowest BCUT2D eigenvalue weighted by molar-refractivity contribution is 0.182. The van der Waals surface area contributed by atoms with Gasteiger partial charge in [-0.25, -0.2) is 4.39 Å². The number of tetrazole rings is 1. The summed E-state index contributed by atoms with van der Waals surface area (Å²) in [4.78, 5) is 2.58. The van der Waals surface area contributed by atoms with Crippen molar-refractivity contribution in [2.24, 2.45) is 5.92 Å². The Bertz CT molecular complexity index is 907. The first-order valence-corrected chi connectivity index (χ1v) is 10.1. The van der Waals surface area contributed by atoms with Crippen LogP contribution in [0.5, 0.6) is 0 Å². The lowest BCUT2D eigenvalue weighted by atomic mass is 10.0. The smallest absolute Gasteiger partial charge is 0.183 e. The van der Waals surface area contributed by atoms with Crippen molar-refractivity contribution in [3.8, 4) is 11.1 Å². The van der Waals surface area contributed by atoms with Crippen LogP contribution in [0.2, 0.25) is 0 Å². The maximum atomic E-state index is 13.2. The molecular weight excluding hydrogens is 355 g/mol. The summed E-state index contributed by atoms with van der Waals surface area (Å²) in [5, 5.41) is 15.5. The molecule has 0 saturated carbocycles. The Morgan fingerprint density at radius 1 is 1.21 bits per heavy atom. The minimum atomic E-state index is -0.239. The zero-order chi connectivity index (χ0) is 19.3. The molecule has 0 radical (unpaired) electrons. The van der Waals surface area contributed by atoms with Crippen LogP contribution in [0, 0.1) is 11.7 Å². The highest BCUT2D eigenvalue weighted by Gasteiger charge is 2.15. The number of likely N-dealkylation sites (tertiary alicyclic amines) is 1. The van der Waals surface area contributed by atoms with Gasteiger partial charge in [0.25, 0.3) is 0 Å². The number of rotatable bonds is 7. The Morgan fingerprint density at radius 2 is 2.07 bits per heavy atom. The molecule has 0 spiro atoms. The third kappa shape index (κ3) is 4.54. The van der Waals surface area contributed by atoms with Crippen molar-refractivity contribution in [1.82, 2.24) is 30.3 Å². The molecular formula is C21H27FN6. The van der Waals surface area contributed by atoms with Crippen LogP contribution in [0.15, 0.2) is 36.5 Å². The Balaban J connectivity index is 1.37. The lowest BCUT2D eigenvalue weighted by Crippen LogP contribution is -2.36. The van der Waals surface area contributed by atoms with Crippen LogP contribution in [-0.4, -0.2) is 51.1 Å². The average Bonchev–Trinajstić information content (AvgIpc) is 3.17. The third-order valence-electron chi connectivity index (χ3n) is 5.43. The van der Waals surface area contributed by atoms with E-state index in [1.807, 2.05) is 6.20 Å². The number of benzene rings is 1. The van der Waals surface area contributed by atoms with Gasteiger partial charge in [0.15, 0.2) is 5.65 Å². The monoisotopic (exact) mass is 382 g/mol. The Kier molecular flexibility index (Phi) is 5.92. The zero-order valence-corrected chi connectivity index (χ0v) is 16.3. The predicted octanol–water partition coefficient (Wildman–Crippen LogP) is 3.14. The standard InChI is InChI=1S/C21H27FN6/c1-16-4-2-10-27(14-16)11-3-9-23-13-18-12-19(15-28-21(18)24-25-26-28)17-5-7-20(22)8-6-17/h5-8,12,15-16,23H,2-4,9-11,13-14H2,1H3. The number of aromatic nitrogens is 4. The van der Waals surface area contributed by atoms with Gasteiger partial charge in [0.05, 0.1) is 0 Å². The molecule has 1 fully saturated rings. The van der Waals surface area contributed by atoms with Gasteiger partial charge in [-0.2, -0.15) is 4.52 Å². The molecule has 28 heavy (non-hydrogen) atoms. The van der Waals surface area contributed by atoms with Gasteiger partial charge < -0.3 is 10.2 Å². The van der Waals surface area contributed by atoms with Crippen molar-refractivity contribution in [2.75, 3.05) is 26.2 Å². The van der Waals surface area contributed by atoms with Crippen molar-refractivity contribution < 1.29 is 4.39 Å². The first-order valence-electron chi connectivity index (χ1n) is 10.1. The zero-order valence-electron chi connectivity index (χ0n) is 16.3. The summed E-state index contributed by atoms with van der Waals surface area (Å²) in [6.45, 7) is 7.61. The second-order valence-electron chi connectivity index (χ2n) is 7.79.